The maximum atomic E-state index is 3.49. The zero-order valence-corrected chi connectivity index (χ0v) is 13.5. The van der Waals surface area contributed by atoms with Crippen molar-refractivity contribution in [1.29, 1.82) is 0 Å². The number of aryl methyl sites for hydroxylation is 1. The third-order valence-electron chi connectivity index (χ3n) is 5.17. The molecule has 1 aromatic rings. The Balaban J connectivity index is 1.56. The number of nitrogens with zero attached hydrogens (tertiary/aromatic N) is 2. The Hall–Kier alpha value is -0.900. The van der Waals surface area contributed by atoms with E-state index in [2.05, 4.69) is 53.4 Å². The third-order valence-corrected chi connectivity index (χ3v) is 5.17. The molecule has 0 aromatic heterocycles. The summed E-state index contributed by atoms with van der Waals surface area (Å²) in [5.74, 6) is 0. The Morgan fingerprint density at radius 1 is 1.14 bits per heavy atom. The topological polar surface area (TPSA) is 18.5 Å². The molecule has 2 heterocycles. The largest absolute Gasteiger partial charge is 0.312 e. The molecule has 0 saturated carbocycles. The van der Waals surface area contributed by atoms with E-state index >= 15 is 0 Å². The van der Waals surface area contributed by atoms with Gasteiger partial charge in [-0.1, -0.05) is 29.8 Å². The lowest BCUT2D eigenvalue weighted by atomic mass is 10.0. The molecule has 0 bridgehead atoms. The lowest BCUT2D eigenvalue weighted by molar-refractivity contribution is 0.224. The Morgan fingerprint density at radius 3 is 2.52 bits per heavy atom. The van der Waals surface area contributed by atoms with Crippen molar-refractivity contribution in [2.24, 2.45) is 0 Å². The van der Waals surface area contributed by atoms with E-state index in [0.29, 0.717) is 6.04 Å². The van der Waals surface area contributed by atoms with Crippen LogP contribution in [-0.4, -0.2) is 55.6 Å². The third kappa shape index (κ3) is 3.65. The number of nitrogens with one attached hydrogen (secondary N) is 1. The second kappa shape index (κ2) is 6.91. The van der Waals surface area contributed by atoms with Gasteiger partial charge in [0.2, 0.25) is 0 Å². The molecule has 1 aromatic carbocycles. The Morgan fingerprint density at radius 2 is 1.86 bits per heavy atom. The zero-order valence-electron chi connectivity index (χ0n) is 13.5. The number of likely N-dealkylation sites (N-methyl/N-ethyl adjacent to an activating group) is 1. The first-order valence-corrected chi connectivity index (χ1v) is 8.46. The predicted octanol–water partition coefficient (Wildman–Crippen LogP) is 2.43. The Labute approximate surface area is 129 Å². The van der Waals surface area contributed by atoms with Gasteiger partial charge in [-0.2, -0.15) is 0 Å². The van der Waals surface area contributed by atoms with Crippen molar-refractivity contribution in [2.45, 2.75) is 38.3 Å². The molecule has 3 nitrogen and oxygen atoms in total. The fourth-order valence-electron chi connectivity index (χ4n) is 3.80. The summed E-state index contributed by atoms with van der Waals surface area (Å²) in [6.07, 6.45) is 4.16. The first-order chi connectivity index (χ1) is 10.3. The van der Waals surface area contributed by atoms with Gasteiger partial charge in [-0.05, 0) is 58.4 Å². The lowest BCUT2D eigenvalue weighted by Gasteiger charge is -2.26. The van der Waals surface area contributed by atoms with E-state index in [0.717, 1.165) is 12.6 Å². The van der Waals surface area contributed by atoms with Crippen molar-refractivity contribution >= 4 is 0 Å². The van der Waals surface area contributed by atoms with E-state index in [1.807, 2.05) is 0 Å². The molecule has 0 radical (unpaired) electrons. The molecule has 3 rings (SSSR count). The lowest BCUT2D eigenvalue weighted by Crippen LogP contribution is -2.37. The van der Waals surface area contributed by atoms with Crippen LogP contribution in [0.25, 0.3) is 0 Å². The van der Waals surface area contributed by atoms with Gasteiger partial charge in [0, 0.05) is 25.2 Å². The van der Waals surface area contributed by atoms with Gasteiger partial charge in [0.15, 0.2) is 0 Å². The molecule has 2 aliphatic rings. The van der Waals surface area contributed by atoms with Crippen LogP contribution in [0.2, 0.25) is 0 Å². The highest BCUT2D eigenvalue weighted by Crippen LogP contribution is 2.23. The van der Waals surface area contributed by atoms with Crippen molar-refractivity contribution in [3.05, 3.63) is 35.4 Å². The van der Waals surface area contributed by atoms with Crippen molar-refractivity contribution in [3.8, 4) is 0 Å². The van der Waals surface area contributed by atoms with Crippen LogP contribution in [0.1, 0.15) is 36.4 Å². The van der Waals surface area contributed by atoms with Crippen molar-refractivity contribution in [3.63, 3.8) is 0 Å². The molecule has 2 saturated heterocycles. The highest BCUT2D eigenvalue weighted by Gasteiger charge is 2.30. The average Bonchev–Trinajstić information content (AvgIpc) is 3.17. The molecule has 0 amide bonds. The molecule has 1 N–H and O–H groups in total. The molecule has 2 atom stereocenters. The monoisotopic (exact) mass is 287 g/mol. The van der Waals surface area contributed by atoms with Gasteiger partial charge >= 0.3 is 0 Å². The minimum absolute atomic E-state index is 0.447. The summed E-state index contributed by atoms with van der Waals surface area (Å²) >= 11 is 0. The van der Waals surface area contributed by atoms with Gasteiger partial charge in [-0.3, -0.25) is 9.80 Å². The van der Waals surface area contributed by atoms with Crippen LogP contribution < -0.4 is 5.32 Å². The van der Waals surface area contributed by atoms with Gasteiger partial charge < -0.3 is 5.32 Å². The maximum Gasteiger partial charge on any atom is 0.0446 e. The summed E-state index contributed by atoms with van der Waals surface area (Å²) in [6.45, 7) is 8.44. The van der Waals surface area contributed by atoms with Crippen LogP contribution in [0, 0.1) is 6.92 Å². The van der Waals surface area contributed by atoms with Gasteiger partial charge in [0.05, 0.1) is 0 Å². The number of rotatable bonds is 5. The highest BCUT2D eigenvalue weighted by molar-refractivity contribution is 5.24. The van der Waals surface area contributed by atoms with Crippen molar-refractivity contribution < 1.29 is 0 Å². The summed E-state index contributed by atoms with van der Waals surface area (Å²) in [6, 6.07) is 10.2. The highest BCUT2D eigenvalue weighted by atomic mass is 15.3. The quantitative estimate of drug-likeness (QED) is 0.897. The molecule has 116 valence electrons. The van der Waals surface area contributed by atoms with Gasteiger partial charge in [0.25, 0.3) is 0 Å². The number of benzene rings is 1. The molecule has 2 unspecified atom stereocenters. The number of likely N-dealkylation sites (tertiary alicyclic amines) is 2. The van der Waals surface area contributed by atoms with Crippen LogP contribution in [0.4, 0.5) is 0 Å². The molecular weight excluding hydrogens is 258 g/mol. The average molecular weight is 287 g/mol. The first-order valence-electron chi connectivity index (χ1n) is 8.46. The summed E-state index contributed by atoms with van der Waals surface area (Å²) in [5, 5.41) is 3.49. The fraction of sp³-hybridized carbons (Fsp3) is 0.667. The summed E-state index contributed by atoms with van der Waals surface area (Å²) in [7, 11) is 2.08. The molecule has 0 spiro atoms. The summed E-state index contributed by atoms with van der Waals surface area (Å²) in [5.41, 5.74) is 2.75. The molecule has 21 heavy (non-hydrogen) atoms. The molecule has 2 fully saturated rings. The van der Waals surface area contributed by atoms with Gasteiger partial charge in [0.1, 0.15) is 0 Å². The van der Waals surface area contributed by atoms with Gasteiger partial charge in [-0.15, -0.1) is 0 Å². The van der Waals surface area contributed by atoms with E-state index in [9.17, 15) is 0 Å². The summed E-state index contributed by atoms with van der Waals surface area (Å²) in [4.78, 5) is 5.35. The molecule has 2 aliphatic heterocycles. The van der Waals surface area contributed by atoms with E-state index in [4.69, 9.17) is 0 Å². The Kier molecular flexibility index (Phi) is 4.94. The molecular formula is C18H29N3. The smallest absolute Gasteiger partial charge is 0.0446 e. The minimum Gasteiger partial charge on any atom is -0.312 e. The van der Waals surface area contributed by atoms with E-state index in [-0.39, 0.29) is 0 Å². The standard InChI is InChI=1S/C18H29N3/c1-15-5-7-16(8-6-15)18(19-2)14-20-12-9-17(13-20)21-10-3-4-11-21/h5-8,17-19H,3-4,9-14H2,1-2H3. The number of hydrogen-bond donors (Lipinski definition) is 1. The number of hydrogen-bond acceptors (Lipinski definition) is 3. The van der Waals surface area contributed by atoms with E-state index in [1.54, 1.807) is 0 Å². The van der Waals surface area contributed by atoms with Crippen LogP contribution >= 0.6 is 0 Å². The van der Waals surface area contributed by atoms with Crippen LogP contribution in [0.5, 0.6) is 0 Å². The fourth-order valence-corrected chi connectivity index (χ4v) is 3.80. The molecule has 0 aliphatic carbocycles. The second-order valence-corrected chi connectivity index (χ2v) is 6.70. The normalized spacial score (nSPS) is 25.5. The van der Waals surface area contributed by atoms with Gasteiger partial charge in [-0.25, -0.2) is 0 Å². The maximum absolute atomic E-state index is 3.49. The van der Waals surface area contributed by atoms with Crippen LogP contribution in [0.15, 0.2) is 24.3 Å². The minimum atomic E-state index is 0.447. The molecule has 3 heteroatoms. The van der Waals surface area contributed by atoms with E-state index in [1.165, 1.54) is 56.6 Å². The van der Waals surface area contributed by atoms with Crippen molar-refractivity contribution in [2.75, 3.05) is 39.8 Å². The zero-order chi connectivity index (χ0) is 14.7. The van der Waals surface area contributed by atoms with E-state index < -0.39 is 0 Å². The second-order valence-electron chi connectivity index (χ2n) is 6.70. The van der Waals surface area contributed by atoms with Crippen LogP contribution in [-0.2, 0) is 0 Å². The summed E-state index contributed by atoms with van der Waals surface area (Å²) < 4.78 is 0. The first kappa shape index (κ1) is 15.0. The SMILES string of the molecule is CNC(CN1CCC(N2CCCC2)C1)c1ccc(C)cc1. The predicted molar refractivity (Wildman–Crippen MR) is 88.6 cm³/mol. The van der Waals surface area contributed by atoms with Crippen LogP contribution in [0.3, 0.4) is 0 Å². The van der Waals surface area contributed by atoms with Crippen molar-refractivity contribution in [1.82, 2.24) is 15.1 Å². The Bertz CT molecular complexity index is 436.